The third-order valence-corrected chi connectivity index (χ3v) is 3.88. The van der Waals surface area contributed by atoms with Crippen LogP contribution in [0.25, 0.3) is 0 Å². The first-order valence-electron chi connectivity index (χ1n) is 8.02. The maximum Gasteiger partial charge on any atom is 0.417 e. The lowest BCUT2D eigenvalue weighted by Crippen LogP contribution is -2.37. The highest BCUT2D eigenvalue weighted by atomic mass is 19.4. The van der Waals surface area contributed by atoms with Crippen LogP contribution in [0.4, 0.5) is 19.0 Å². The molecule has 0 aromatic carbocycles. The minimum Gasteiger partial charge on any atom is -0.378 e. The predicted molar refractivity (Wildman–Crippen MR) is 87.7 cm³/mol. The van der Waals surface area contributed by atoms with Crippen molar-refractivity contribution in [1.29, 1.82) is 0 Å². The van der Waals surface area contributed by atoms with Crippen LogP contribution in [0.15, 0.2) is 36.7 Å². The van der Waals surface area contributed by atoms with E-state index in [1.807, 2.05) is 12.1 Å². The first kappa shape index (κ1) is 18.1. The normalized spacial score (nSPS) is 15.0. The minimum atomic E-state index is -4.54. The third-order valence-electron chi connectivity index (χ3n) is 3.88. The van der Waals surface area contributed by atoms with Gasteiger partial charge in [-0.15, -0.1) is 0 Å². The van der Waals surface area contributed by atoms with Gasteiger partial charge in [-0.05, 0) is 18.2 Å². The number of nitrogens with one attached hydrogen (secondary N) is 1. The Hall–Kier alpha value is -2.68. The van der Waals surface area contributed by atoms with E-state index in [4.69, 9.17) is 4.74 Å². The topological polar surface area (TPSA) is 67.4 Å². The van der Waals surface area contributed by atoms with Crippen molar-refractivity contribution in [3.8, 4) is 0 Å². The van der Waals surface area contributed by atoms with Gasteiger partial charge in [0.15, 0.2) is 0 Å². The number of halogens is 3. The van der Waals surface area contributed by atoms with E-state index in [0.717, 1.165) is 31.2 Å². The van der Waals surface area contributed by atoms with Gasteiger partial charge in [-0.3, -0.25) is 9.78 Å². The van der Waals surface area contributed by atoms with E-state index in [1.54, 1.807) is 6.07 Å². The van der Waals surface area contributed by atoms with Gasteiger partial charge in [-0.1, -0.05) is 6.07 Å². The fourth-order valence-electron chi connectivity index (χ4n) is 2.53. The predicted octanol–water partition coefficient (Wildman–Crippen LogP) is 2.26. The Balaban J connectivity index is 1.64. The van der Waals surface area contributed by atoms with Gasteiger partial charge in [-0.2, -0.15) is 13.2 Å². The smallest absolute Gasteiger partial charge is 0.378 e. The molecule has 0 atom stereocenters. The molecule has 6 nitrogen and oxygen atoms in total. The van der Waals surface area contributed by atoms with Crippen molar-refractivity contribution in [2.24, 2.45) is 0 Å². The molecule has 2 aromatic rings. The van der Waals surface area contributed by atoms with Crippen molar-refractivity contribution >= 4 is 11.7 Å². The maximum absolute atomic E-state index is 12.7. The van der Waals surface area contributed by atoms with Crippen LogP contribution in [-0.4, -0.2) is 42.2 Å². The molecule has 1 amide bonds. The number of carbonyl (C=O) groups is 1. The Kier molecular flexibility index (Phi) is 5.36. The van der Waals surface area contributed by atoms with E-state index >= 15 is 0 Å². The number of hydrogen-bond acceptors (Lipinski definition) is 5. The summed E-state index contributed by atoms with van der Waals surface area (Å²) < 4.78 is 43.4. The zero-order chi connectivity index (χ0) is 18.6. The summed E-state index contributed by atoms with van der Waals surface area (Å²) in [6.07, 6.45) is -2.76. The highest BCUT2D eigenvalue weighted by Gasteiger charge is 2.31. The third kappa shape index (κ3) is 4.48. The summed E-state index contributed by atoms with van der Waals surface area (Å²) in [6.45, 7) is 2.83. The molecule has 3 rings (SSSR count). The number of amides is 1. The molecule has 0 unspecified atom stereocenters. The first-order chi connectivity index (χ1) is 12.4. The highest BCUT2D eigenvalue weighted by Crippen LogP contribution is 2.28. The Labute approximate surface area is 148 Å². The van der Waals surface area contributed by atoms with Gasteiger partial charge in [0, 0.05) is 25.5 Å². The zero-order valence-electron chi connectivity index (χ0n) is 13.8. The van der Waals surface area contributed by atoms with Crippen LogP contribution < -0.4 is 10.2 Å². The molecule has 2 aromatic heterocycles. The average Bonchev–Trinajstić information content (AvgIpc) is 2.66. The number of hydrogen-bond donors (Lipinski definition) is 1. The molecule has 3 heterocycles. The van der Waals surface area contributed by atoms with Crippen molar-refractivity contribution in [1.82, 2.24) is 15.3 Å². The van der Waals surface area contributed by atoms with Crippen LogP contribution in [0.5, 0.6) is 0 Å². The number of rotatable bonds is 4. The molecule has 1 fully saturated rings. The number of pyridine rings is 2. The van der Waals surface area contributed by atoms with E-state index in [0.29, 0.717) is 25.1 Å². The van der Waals surface area contributed by atoms with Crippen LogP contribution in [0, 0.1) is 0 Å². The number of aromatic nitrogens is 2. The van der Waals surface area contributed by atoms with Gasteiger partial charge < -0.3 is 15.0 Å². The van der Waals surface area contributed by atoms with E-state index in [-0.39, 0.29) is 12.1 Å². The Morgan fingerprint density at radius 1 is 1.23 bits per heavy atom. The zero-order valence-corrected chi connectivity index (χ0v) is 13.8. The Morgan fingerprint density at radius 2 is 2.00 bits per heavy atom. The van der Waals surface area contributed by atoms with Gasteiger partial charge in [0.05, 0.1) is 36.6 Å². The number of ether oxygens (including phenoxy) is 1. The van der Waals surface area contributed by atoms with Crippen molar-refractivity contribution in [3.05, 3.63) is 53.5 Å². The second-order valence-electron chi connectivity index (χ2n) is 5.73. The van der Waals surface area contributed by atoms with Gasteiger partial charge in [0.25, 0.3) is 5.91 Å². The van der Waals surface area contributed by atoms with Crippen LogP contribution >= 0.6 is 0 Å². The second-order valence-corrected chi connectivity index (χ2v) is 5.73. The van der Waals surface area contributed by atoms with Crippen LogP contribution in [-0.2, 0) is 17.5 Å². The SMILES string of the molecule is O=C(NCc1cccc(N2CCOCC2)n1)c1cncc(C(F)(F)F)c1. The van der Waals surface area contributed by atoms with E-state index in [9.17, 15) is 18.0 Å². The first-order valence-corrected chi connectivity index (χ1v) is 8.02. The lowest BCUT2D eigenvalue weighted by molar-refractivity contribution is -0.137. The summed E-state index contributed by atoms with van der Waals surface area (Å²) in [5.41, 5.74) is -0.496. The Bertz CT molecular complexity index is 777. The van der Waals surface area contributed by atoms with Crippen molar-refractivity contribution in [3.63, 3.8) is 0 Å². The second kappa shape index (κ2) is 7.69. The van der Waals surface area contributed by atoms with E-state index in [1.165, 1.54) is 0 Å². The number of carbonyl (C=O) groups excluding carboxylic acids is 1. The fraction of sp³-hybridized carbons (Fsp3) is 0.353. The summed E-state index contributed by atoms with van der Waals surface area (Å²) in [5.74, 6) is 0.142. The largest absolute Gasteiger partial charge is 0.417 e. The van der Waals surface area contributed by atoms with E-state index in [2.05, 4.69) is 20.2 Å². The molecule has 26 heavy (non-hydrogen) atoms. The van der Waals surface area contributed by atoms with E-state index < -0.39 is 17.6 Å². The van der Waals surface area contributed by atoms with Gasteiger partial charge in [0.2, 0.25) is 0 Å². The van der Waals surface area contributed by atoms with Gasteiger partial charge in [0.1, 0.15) is 5.82 Å². The standard InChI is InChI=1S/C17H17F3N4O2/c18-17(19,20)13-8-12(9-21-10-13)16(25)22-11-14-2-1-3-15(23-14)24-4-6-26-7-5-24/h1-3,8-10H,4-7,11H2,(H,22,25). The molecule has 1 N–H and O–H groups in total. The van der Waals surface area contributed by atoms with Crippen molar-refractivity contribution in [2.45, 2.75) is 12.7 Å². The lowest BCUT2D eigenvalue weighted by Gasteiger charge is -2.28. The van der Waals surface area contributed by atoms with Crippen LogP contribution in [0.1, 0.15) is 21.6 Å². The lowest BCUT2D eigenvalue weighted by atomic mass is 10.2. The average molecular weight is 366 g/mol. The summed E-state index contributed by atoms with van der Waals surface area (Å²) in [5, 5.41) is 2.57. The van der Waals surface area contributed by atoms with Gasteiger partial charge in [-0.25, -0.2) is 4.98 Å². The number of alkyl halides is 3. The number of anilines is 1. The molecule has 0 aliphatic carbocycles. The summed E-state index contributed by atoms with van der Waals surface area (Å²) in [7, 11) is 0. The molecule has 9 heteroatoms. The highest BCUT2D eigenvalue weighted by molar-refractivity contribution is 5.93. The molecular weight excluding hydrogens is 349 g/mol. The fourth-order valence-corrected chi connectivity index (χ4v) is 2.53. The van der Waals surface area contributed by atoms with Crippen molar-refractivity contribution in [2.75, 3.05) is 31.2 Å². The van der Waals surface area contributed by atoms with Crippen LogP contribution in [0.2, 0.25) is 0 Å². The molecule has 0 saturated carbocycles. The van der Waals surface area contributed by atoms with Gasteiger partial charge >= 0.3 is 6.18 Å². The monoisotopic (exact) mass is 366 g/mol. The molecule has 138 valence electrons. The molecule has 1 saturated heterocycles. The quantitative estimate of drug-likeness (QED) is 0.899. The van der Waals surface area contributed by atoms with Crippen molar-refractivity contribution < 1.29 is 22.7 Å². The van der Waals surface area contributed by atoms with Crippen LogP contribution in [0.3, 0.4) is 0 Å². The summed E-state index contributed by atoms with van der Waals surface area (Å²) >= 11 is 0. The molecule has 0 spiro atoms. The molecule has 1 aliphatic rings. The number of nitrogens with zero attached hydrogens (tertiary/aromatic N) is 3. The molecule has 0 bridgehead atoms. The summed E-state index contributed by atoms with van der Waals surface area (Å²) in [4.78, 5) is 22.2. The maximum atomic E-state index is 12.7. The number of morpholine rings is 1. The molecule has 0 radical (unpaired) electrons. The Morgan fingerprint density at radius 3 is 2.73 bits per heavy atom. The molecule has 1 aliphatic heterocycles. The minimum absolute atomic E-state index is 0.104. The molecular formula is C17H17F3N4O2. The summed E-state index contributed by atoms with van der Waals surface area (Å²) in [6, 6.07) is 6.22.